The quantitative estimate of drug-likeness (QED) is 0.876. The lowest BCUT2D eigenvalue weighted by Gasteiger charge is -2.20. The summed E-state index contributed by atoms with van der Waals surface area (Å²) in [5.74, 6) is 2.12. The standard InChI is InChI=1S/C12H18N2OS/c1-3-12(2)9-16-11(14-12)13-7-6-10-5-4-8-15-10/h4-5,8H,3,6-7,9H2,1-2H3,(H,13,14). The molecule has 1 aliphatic rings. The van der Waals surface area contributed by atoms with Crippen LogP contribution < -0.4 is 5.32 Å². The van der Waals surface area contributed by atoms with Crippen molar-refractivity contribution in [3.05, 3.63) is 24.2 Å². The Morgan fingerprint density at radius 3 is 3.12 bits per heavy atom. The van der Waals surface area contributed by atoms with Crippen molar-refractivity contribution in [1.29, 1.82) is 0 Å². The monoisotopic (exact) mass is 238 g/mol. The first kappa shape index (κ1) is 11.6. The fraction of sp³-hybridized carbons (Fsp3) is 0.583. The lowest BCUT2D eigenvalue weighted by molar-refractivity contribution is 0.466. The minimum atomic E-state index is 0.230. The molecule has 1 atom stereocenters. The van der Waals surface area contributed by atoms with Crippen molar-refractivity contribution in [1.82, 2.24) is 5.32 Å². The molecule has 0 spiro atoms. The molecule has 1 aromatic rings. The summed E-state index contributed by atoms with van der Waals surface area (Å²) in [6, 6.07) is 3.91. The van der Waals surface area contributed by atoms with Gasteiger partial charge in [0, 0.05) is 24.3 Å². The summed E-state index contributed by atoms with van der Waals surface area (Å²) >= 11 is 1.82. The van der Waals surface area contributed by atoms with E-state index in [4.69, 9.17) is 4.42 Å². The zero-order chi connectivity index (χ0) is 11.4. The van der Waals surface area contributed by atoms with Crippen LogP contribution in [0.2, 0.25) is 0 Å². The lowest BCUT2D eigenvalue weighted by atomic mass is 10.0. The summed E-state index contributed by atoms with van der Waals surface area (Å²) < 4.78 is 5.26. The van der Waals surface area contributed by atoms with Crippen molar-refractivity contribution in [2.75, 3.05) is 12.3 Å². The molecule has 1 unspecified atom stereocenters. The maximum Gasteiger partial charge on any atom is 0.157 e. The maximum absolute atomic E-state index is 5.26. The third-order valence-corrected chi connectivity index (χ3v) is 4.20. The molecule has 4 heteroatoms. The average molecular weight is 238 g/mol. The van der Waals surface area contributed by atoms with Crippen LogP contribution in [0, 0.1) is 0 Å². The van der Waals surface area contributed by atoms with Crippen molar-refractivity contribution in [2.45, 2.75) is 32.2 Å². The second kappa shape index (κ2) is 4.95. The van der Waals surface area contributed by atoms with Crippen LogP contribution in [0.3, 0.4) is 0 Å². The number of furan rings is 1. The van der Waals surface area contributed by atoms with E-state index in [-0.39, 0.29) is 5.54 Å². The highest BCUT2D eigenvalue weighted by atomic mass is 32.2. The molecule has 1 N–H and O–H groups in total. The molecule has 1 saturated heterocycles. The second-order valence-electron chi connectivity index (χ2n) is 4.34. The molecule has 0 aromatic carbocycles. The van der Waals surface area contributed by atoms with Gasteiger partial charge in [-0.2, -0.15) is 0 Å². The van der Waals surface area contributed by atoms with Crippen LogP contribution in [0.4, 0.5) is 0 Å². The van der Waals surface area contributed by atoms with Crippen molar-refractivity contribution in [3.63, 3.8) is 0 Å². The number of hydrogen-bond acceptors (Lipinski definition) is 3. The third-order valence-electron chi connectivity index (χ3n) is 2.91. The van der Waals surface area contributed by atoms with E-state index in [9.17, 15) is 0 Å². The molecule has 0 amide bonds. The number of nitrogens with one attached hydrogen (secondary N) is 1. The number of thioether (sulfide) groups is 1. The fourth-order valence-corrected chi connectivity index (χ4v) is 2.79. The third kappa shape index (κ3) is 2.82. The predicted molar refractivity (Wildman–Crippen MR) is 69.0 cm³/mol. The van der Waals surface area contributed by atoms with E-state index in [1.54, 1.807) is 6.26 Å². The topological polar surface area (TPSA) is 37.5 Å². The zero-order valence-corrected chi connectivity index (χ0v) is 10.6. The molecule has 1 fully saturated rings. The molecule has 1 aliphatic heterocycles. The van der Waals surface area contributed by atoms with Gasteiger partial charge in [0.25, 0.3) is 0 Å². The van der Waals surface area contributed by atoms with E-state index in [1.165, 1.54) is 0 Å². The van der Waals surface area contributed by atoms with Crippen LogP contribution in [0.25, 0.3) is 0 Å². The number of aliphatic imine (C=N–C) groups is 1. The zero-order valence-electron chi connectivity index (χ0n) is 9.82. The van der Waals surface area contributed by atoms with Crippen LogP contribution in [-0.4, -0.2) is 23.0 Å². The molecule has 16 heavy (non-hydrogen) atoms. The molecular formula is C12H18N2OS. The summed E-state index contributed by atoms with van der Waals surface area (Å²) in [6.45, 7) is 5.25. The SMILES string of the molecule is CCC1(C)CSC(=NCCc2ccco2)N1. The molecular weight excluding hydrogens is 220 g/mol. The van der Waals surface area contributed by atoms with Gasteiger partial charge in [0.15, 0.2) is 5.17 Å². The normalized spacial score (nSPS) is 27.2. The molecule has 1 aromatic heterocycles. The Morgan fingerprint density at radius 1 is 1.62 bits per heavy atom. The highest BCUT2D eigenvalue weighted by molar-refractivity contribution is 8.14. The predicted octanol–water partition coefficient (Wildman–Crippen LogP) is 2.68. The van der Waals surface area contributed by atoms with Crippen molar-refractivity contribution in [2.24, 2.45) is 4.99 Å². The Morgan fingerprint density at radius 2 is 2.50 bits per heavy atom. The Kier molecular flexibility index (Phi) is 3.59. The minimum absolute atomic E-state index is 0.230. The maximum atomic E-state index is 5.26. The first-order valence-electron chi connectivity index (χ1n) is 5.70. The van der Waals surface area contributed by atoms with Gasteiger partial charge in [0.1, 0.15) is 5.76 Å². The average Bonchev–Trinajstić information content (AvgIpc) is 2.90. The summed E-state index contributed by atoms with van der Waals surface area (Å²) in [7, 11) is 0. The van der Waals surface area contributed by atoms with Gasteiger partial charge in [-0.05, 0) is 25.5 Å². The molecule has 0 radical (unpaired) electrons. The lowest BCUT2D eigenvalue weighted by Crippen LogP contribution is -2.39. The summed E-state index contributed by atoms with van der Waals surface area (Å²) in [4.78, 5) is 4.55. The van der Waals surface area contributed by atoms with Crippen molar-refractivity contribution in [3.8, 4) is 0 Å². The first-order valence-corrected chi connectivity index (χ1v) is 6.68. The van der Waals surface area contributed by atoms with Crippen molar-refractivity contribution < 1.29 is 4.42 Å². The molecule has 88 valence electrons. The Bertz CT molecular complexity index is 361. The van der Waals surface area contributed by atoms with Gasteiger partial charge in [-0.1, -0.05) is 18.7 Å². The van der Waals surface area contributed by atoms with E-state index < -0.39 is 0 Å². The van der Waals surface area contributed by atoms with Gasteiger partial charge in [-0.15, -0.1) is 0 Å². The number of amidine groups is 1. The van der Waals surface area contributed by atoms with Gasteiger partial charge in [-0.25, -0.2) is 0 Å². The number of rotatable bonds is 4. The molecule has 2 rings (SSSR count). The Balaban J connectivity index is 1.81. The van der Waals surface area contributed by atoms with Crippen molar-refractivity contribution >= 4 is 16.9 Å². The first-order chi connectivity index (χ1) is 7.72. The summed E-state index contributed by atoms with van der Waals surface area (Å²) in [5.41, 5.74) is 0.230. The van der Waals surface area contributed by atoms with Crippen LogP contribution in [0.1, 0.15) is 26.0 Å². The van der Waals surface area contributed by atoms with Gasteiger partial charge >= 0.3 is 0 Å². The van der Waals surface area contributed by atoms with E-state index >= 15 is 0 Å². The summed E-state index contributed by atoms with van der Waals surface area (Å²) in [6.07, 6.45) is 3.72. The molecule has 0 bridgehead atoms. The molecule has 0 aliphatic carbocycles. The minimum Gasteiger partial charge on any atom is -0.469 e. The highest BCUT2D eigenvalue weighted by Crippen LogP contribution is 2.25. The Labute approximate surface area is 101 Å². The molecule has 3 nitrogen and oxygen atoms in total. The number of hydrogen-bond donors (Lipinski definition) is 1. The highest BCUT2D eigenvalue weighted by Gasteiger charge is 2.30. The number of nitrogens with zero attached hydrogens (tertiary/aromatic N) is 1. The fourth-order valence-electron chi connectivity index (χ4n) is 1.56. The van der Waals surface area contributed by atoms with E-state index in [2.05, 4.69) is 24.2 Å². The van der Waals surface area contributed by atoms with Crippen LogP contribution >= 0.6 is 11.8 Å². The molecule has 2 heterocycles. The van der Waals surface area contributed by atoms with Crippen LogP contribution in [0.5, 0.6) is 0 Å². The summed E-state index contributed by atoms with van der Waals surface area (Å²) in [5, 5.41) is 4.56. The van der Waals surface area contributed by atoms with Gasteiger partial charge in [0.05, 0.1) is 6.26 Å². The van der Waals surface area contributed by atoms with Crippen LogP contribution in [-0.2, 0) is 6.42 Å². The van der Waals surface area contributed by atoms with E-state index in [0.29, 0.717) is 0 Å². The second-order valence-corrected chi connectivity index (χ2v) is 5.31. The molecule has 0 saturated carbocycles. The Hall–Kier alpha value is -0.900. The van der Waals surface area contributed by atoms with Crippen LogP contribution in [0.15, 0.2) is 27.8 Å². The van der Waals surface area contributed by atoms with E-state index in [1.807, 2.05) is 23.9 Å². The smallest absolute Gasteiger partial charge is 0.157 e. The largest absolute Gasteiger partial charge is 0.469 e. The van der Waals surface area contributed by atoms with Gasteiger partial charge < -0.3 is 9.73 Å². The van der Waals surface area contributed by atoms with E-state index in [0.717, 1.165) is 36.1 Å². The van der Waals surface area contributed by atoms with Gasteiger partial charge in [0.2, 0.25) is 0 Å². The van der Waals surface area contributed by atoms with Gasteiger partial charge in [-0.3, -0.25) is 4.99 Å².